The maximum absolute atomic E-state index is 13.0. The molecule has 2 aromatic carbocycles. The number of hydrogen-bond donors (Lipinski definition) is 1. The molecule has 0 aromatic heterocycles. The molecule has 0 bridgehead atoms. The van der Waals surface area contributed by atoms with E-state index >= 15 is 0 Å². The van der Waals surface area contributed by atoms with Crippen molar-refractivity contribution in [2.45, 2.75) is 26.9 Å². The van der Waals surface area contributed by atoms with Crippen LogP contribution in [-0.2, 0) is 20.5 Å². The van der Waals surface area contributed by atoms with Gasteiger partial charge < -0.3 is 19.5 Å². The summed E-state index contributed by atoms with van der Waals surface area (Å²) in [6, 6.07) is 9.68. The average molecular weight is 465 g/mol. The van der Waals surface area contributed by atoms with Crippen molar-refractivity contribution in [3.63, 3.8) is 0 Å². The summed E-state index contributed by atoms with van der Waals surface area (Å²) in [7, 11) is 0. The maximum Gasteiger partial charge on any atom is 0.418 e. The van der Waals surface area contributed by atoms with E-state index in [-0.39, 0.29) is 0 Å². The third-order valence-electron chi connectivity index (χ3n) is 4.10. The van der Waals surface area contributed by atoms with E-state index in [0.29, 0.717) is 36.2 Å². The van der Waals surface area contributed by atoms with Crippen LogP contribution in [0.2, 0.25) is 0 Å². The molecule has 1 amide bonds. The molecule has 0 aliphatic carbocycles. The summed E-state index contributed by atoms with van der Waals surface area (Å²) in [5.74, 6) is -0.267. The molecule has 2 aromatic rings. The lowest BCUT2D eigenvalue weighted by atomic mass is 10.1. The molecule has 0 heterocycles. The van der Waals surface area contributed by atoms with Gasteiger partial charge in [-0.3, -0.25) is 4.79 Å². The lowest BCUT2D eigenvalue weighted by Gasteiger charge is -2.14. The molecular weight excluding hydrogens is 439 g/mol. The van der Waals surface area contributed by atoms with Gasteiger partial charge in [-0.25, -0.2) is 4.79 Å². The van der Waals surface area contributed by atoms with Crippen molar-refractivity contribution in [1.29, 1.82) is 0 Å². The number of halogens is 3. The predicted molar refractivity (Wildman–Crippen MR) is 118 cm³/mol. The monoisotopic (exact) mass is 465 g/mol. The third-order valence-corrected chi connectivity index (χ3v) is 4.10. The van der Waals surface area contributed by atoms with Crippen LogP contribution in [0.1, 0.15) is 31.9 Å². The molecule has 33 heavy (non-hydrogen) atoms. The number of benzene rings is 2. The minimum atomic E-state index is -4.63. The number of esters is 1. The van der Waals surface area contributed by atoms with E-state index in [1.54, 1.807) is 18.2 Å². The van der Waals surface area contributed by atoms with Gasteiger partial charge in [-0.2, -0.15) is 13.2 Å². The van der Waals surface area contributed by atoms with Crippen molar-refractivity contribution < 1.29 is 37.0 Å². The van der Waals surface area contributed by atoms with Gasteiger partial charge in [0.1, 0.15) is 0 Å². The van der Waals surface area contributed by atoms with Crippen molar-refractivity contribution >= 4 is 23.6 Å². The highest BCUT2D eigenvalue weighted by Gasteiger charge is 2.33. The number of amides is 1. The minimum absolute atomic E-state index is 0.341. The molecule has 178 valence electrons. The fourth-order valence-electron chi connectivity index (χ4n) is 2.65. The first-order valence-corrected chi connectivity index (χ1v) is 10.3. The zero-order valence-electron chi connectivity index (χ0n) is 18.6. The quantitative estimate of drug-likeness (QED) is 0.379. The topological polar surface area (TPSA) is 73.9 Å². The Bertz CT molecular complexity index is 986. The van der Waals surface area contributed by atoms with Crippen LogP contribution in [0.3, 0.4) is 0 Å². The molecule has 0 atom stereocenters. The molecule has 1 N–H and O–H groups in total. The predicted octanol–water partition coefficient (Wildman–Crippen LogP) is 5.33. The average Bonchev–Trinajstić information content (AvgIpc) is 2.75. The Kier molecular flexibility index (Phi) is 9.32. The summed E-state index contributed by atoms with van der Waals surface area (Å²) in [6.07, 6.45) is -2.05. The zero-order chi connectivity index (χ0) is 24.4. The van der Waals surface area contributed by atoms with Crippen LogP contribution in [0.25, 0.3) is 6.08 Å². The number of hydrogen-bond acceptors (Lipinski definition) is 5. The standard InChI is InChI=1S/C24H26F3NO5/c1-4-31-21-13-17(9-11-20(21)32-14-16(2)3)10-12-23(30)33-15-22(29)28-19-8-6-5-7-18(19)24(25,26)27/h5-13,16H,4,14-15H2,1-3H3,(H,28,29)/b12-10+. The van der Waals surface area contributed by atoms with Crippen LogP contribution < -0.4 is 14.8 Å². The smallest absolute Gasteiger partial charge is 0.418 e. The van der Waals surface area contributed by atoms with Gasteiger partial charge in [-0.1, -0.05) is 32.0 Å². The largest absolute Gasteiger partial charge is 0.490 e. The van der Waals surface area contributed by atoms with E-state index < -0.39 is 35.9 Å². The second kappa shape index (κ2) is 11.9. The highest BCUT2D eigenvalue weighted by Crippen LogP contribution is 2.34. The Labute approximate surface area is 190 Å². The SMILES string of the molecule is CCOc1cc(/C=C/C(=O)OCC(=O)Nc2ccccc2C(F)(F)F)ccc1OCC(C)C. The summed E-state index contributed by atoms with van der Waals surface area (Å²) in [6.45, 7) is 6.11. The van der Waals surface area contributed by atoms with Gasteiger partial charge in [-0.15, -0.1) is 0 Å². The number of nitrogens with one attached hydrogen (secondary N) is 1. The van der Waals surface area contributed by atoms with Crippen LogP contribution in [0.5, 0.6) is 11.5 Å². The number of carbonyl (C=O) groups excluding carboxylic acids is 2. The Hall–Kier alpha value is -3.49. The van der Waals surface area contributed by atoms with Crippen LogP contribution in [-0.4, -0.2) is 31.7 Å². The molecule has 0 unspecified atom stereocenters. The molecule has 9 heteroatoms. The highest BCUT2D eigenvalue weighted by atomic mass is 19.4. The van der Waals surface area contributed by atoms with Gasteiger partial charge in [0.25, 0.3) is 5.91 Å². The second-order valence-electron chi connectivity index (χ2n) is 7.38. The van der Waals surface area contributed by atoms with Gasteiger partial charge in [0.05, 0.1) is 24.5 Å². The van der Waals surface area contributed by atoms with Crippen molar-refractivity contribution in [1.82, 2.24) is 0 Å². The van der Waals surface area contributed by atoms with Gasteiger partial charge in [-0.05, 0) is 48.7 Å². The third kappa shape index (κ3) is 8.51. The lowest BCUT2D eigenvalue weighted by molar-refractivity contribution is -0.142. The fraction of sp³-hybridized carbons (Fsp3) is 0.333. The summed E-state index contributed by atoms with van der Waals surface area (Å²) in [5, 5.41) is 2.10. The first kappa shape index (κ1) is 25.8. The molecule has 6 nitrogen and oxygen atoms in total. The molecule has 0 fully saturated rings. The highest BCUT2D eigenvalue weighted by molar-refractivity contribution is 5.95. The number of para-hydroxylation sites is 1. The summed E-state index contributed by atoms with van der Waals surface area (Å²) < 4.78 is 55.1. The Balaban J connectivity index is 1.95. The van der Waals surface area contributed by atoms with Gasteiger partial charge in [0, 0.05) is 6.08 Å². The van der Waals surface area contributed by atoms with Crippen LogP contribution in [0.15, 0.2) is 48.5 Å². The van der Waals surface area contributed by atoms with Crippen LogP contribution in [0, 0.1) is 5.92 Å². The van der Waals surface area contributed by atoms with Crippen molar-refractivity contribution in [3.05, 3.63) is 59.7 Å². The normalized spacial score (nSPS) is 11.5. The summed E-state index contributed by atoms with van der Waals surface area (Å²) in [4.78, 5) is 23.9. The molecule has 2 rings (SSSR count). The maximum atomic E-state index is 13.0. The molecule has 0 saturated carbocycles. The molecular formula is C24H26F3NO5. The van der Waals surface area contributed by atoms with Gasteiger partial charge >= 0.3 is 12.1 Å². The van der Waals surface area contributed by atoms with E-state index in [1.807, 2.05) is 20.8 Å². The van der Waals surface area contributed by atoms with E-state index in [2.05, 4.69) is 5.32 Å². The number of carbonyl (C=O) groups is 2. The first-order valence-electron chi connectivity index (χ1n) is 10.3. The number of ether oxygens (including phenoxy) is 3. The van der Waals surface area contributed by atoms with E-state index in [1.165, 1.54) is 18.2 Å². The minimum Gasteiger partial charge on any atom is -0.490 e. The molecule has 0 spiro atoms. The summed E-state index contributed by atoms with van der Waals surface area (Å²) >= 11 is 0. The summed E-state index contributed by atoms with van der Waals surface area (Å²) in [5.41, 5.74) is -0.767. The second-order valence-corrected chi connectivity index (χ2v) is 7.38. The van der Waals surface area contributed by atoms with Crippen LogP contribution >= 0.6 is 0 Å². The van der Waals surface area contributed by atoms with Gasteiger partial charge in [0.15, 0.2) is 18.1 Å². The van der Waals surface area contributed by atoms with Crippen molar-refractivity contribution in [3.8, 4) is 11.5 Å². The Morgan fingerprint density at radius 3 is 2.45 bits per heavy atom. The zero-order valence-corrected chi connectivity index (χ0v) is 18.6. The fourth-order valence-corrected chi connectivity index (χ4v) is 2.65. The van der Waals surface area contributed by atoms with E-state index in [9.17, 15) is 22.8 Å². The van der Waals surface area contributed by atoms with E-state index in [0.717, 1.165) is 18.2 Å². The molecule has 0 saturated heterocycles. The Morgan fingerprint density at radius 1 is 1.06 bits per heavy atom. The first-order chi connectivity index (χ1) is 15.6. The molecule has 0 radical (unpaired) electrons. The number of rotatable bonds is 10. The molecule has 0 aliphatic rings. The number of alkyl halides is 3. The van der Waals surface area contributed by atoms with Crippen molar-refractivity contribution in [2.75, 3.05) is 25.1 Å². The molecule has 0 aliphatic heterocycles. The van der Waals surface area contributed by atoms with Crippen LogP contribution in [0.4, 0.5) is 18.9 Å². The number of anilines is 1. The van der Waals surface area contributed by atoms with Crippen molar-refractivity contribution in [2.24, 2.45) is 5.92 Å². The van der Waals surface area contributed by atoms with E-state index in [4.69, 9.17) is 14.2 Å². The Morgan fingerprint density at radius 2 is 1.79 bits per heavy atom. The lowest BCUT2D eigenvalue weighted by Crippen LogP contribution is -2.22. The van der Waals surface area contributed by atoms with Gasteiger partial charge in [0.2, 0.25) is 0 Å².